The highest BCUT2D eigenvalue weighted by atomic mass is 32.2. The molecule has 0 unspecified atom stereocenters. The molecule has 7 heteroatoms. The quantitative estimate of drug-likeness (QED) is 0.587. The van der Waals surface area contributed by atoms with E-state index in [9.17, 15) is 14.0 Å². The molecule has 1 amide bonds. The SMILES string of the molecule is NC(=O)CSc1nc2ccccc2c(=O)n1-c1ccccc1F. The number of primary amides is 1. The van der Waals surface area contributed by atoms with E-state index in [0.29, 0.717) is 10.9 Å². The van der Waals surface area contributed by atoms with E-state index in [0.717, 1.165) is 11.8 Å². The molecule has 0 aliphatic heterocycles. The molecule has 0 spiro atoms. The molecule has 0 aliphatic carbocycles. The van der Waals surface area contributed by atoms with E-state index in [1.165, 1.54) is 22.8 Å². The summed E-state index contributed by atoms with van der Waals surface area (Å²) >= 11 is 0.998. The summed E-state index contributed by atoms with van der Waals surface area (Å²) in [4.78, 5) is 28.2. The predicted molar refractivity (Wildman–Crippen MR) is 87.2 cm³/mol. The third-order valence-corrected chi connectivity index (χ3v) is 4.14. The molecule has 0 bridgehead atoms. The van der Waals surface area contributed by atoms with E-state index < -0.39 is 17.3 Å². The molecule has 0 aliphatic rings. The fraction of sp³-hybridized carbons (Fsp3) is 0.0625. The van der Waals surface area contributed by atoms with Crippen molar-refractivity contribution >= 4 is 28.6 Å². The first-order valence-electron chi connectivity index (χ1n) is 6.75. The number of carbonyl (C=O) groups excluding carboxylic acids is 1. The number of nitrogens with two attached hydrogens (primary N) is 1. The summed E-state index contributed by atoms with van der Waals surface area (Å²) in [5, 5.41) is 0.594. The topological polar surface area (TPSA) is 78.0 Å². The molecule has 1 heterocycles. The molecular formula is C16H12FN3O2S. The van der Waals surface area contributed by atoms with Crippen LogP contribution in [0.15, 0.2) is 58.5 Å². The number of hydrogen-bond acceptors (Lipinski definition) is 4. The van der Waals surface area contributed by atoms with Crippen LogP contribution in [0.1, 0.15) is 0 Å². The van der Waals surface area contributed by atoms with E-state index >= 15 is 0 Å². The van der Waals surface area contributed by atoms with E-state index in [-0.39, 0.29) is 16.6 Å². The fourth-order valence-electron chi connectivity index (χ4n) is 2.19. The van der Waals surface area contributed by atoms with Crippen molar-refractivity contribution in [3.8, 4) is 5.69 Å². The average Bonchev–Trinajstić information content (AvgIpc) is 2.54. The van der Waals surface area contributed by atoms with Crippen LogP contribution in [0.5, 0.6) is 0 Å². The number of para-hydroxylation sites is 2. The molecule has 0 atom stereocenters. The maximum Gasteiger partial charge on any atom is 0.266 e. The van der Waals surface area contributed by atoms with E-state index in [2.05, 4.69) is 4.98 Å². The zero-order valence-electron chi connectivity index (χ0n) is 11.9. The van der Waals surface area contributed by atoms with Crippen LogP contribution in [0, 0.1) is 5.82 Å². The number of thioether (sulfide) groups is 1. The van der Waals surface area contributed by atoms with Gasteiger partial charge in [0.25, 0.3) is 5.56 Å². The third-order valence-electron chi connectivity index (χ3n) is 3.18. The van der Waals surface area contributed by atoms with Crippen molar-refractivity contribution in [3.63, 3.8) is 0 Å². The normalized spacial score (nSPS) is 10.8. The molecule has 1 aromatic heterocycles. The van der Waals surface area contributed by atoms with Crippen LogP contribution in [-0.4, -0.2) is 21.2 Å². The van der Waals surface area contributed by atoms with E-state index in [4.69, 9.17) is 5.73 Å². The predicted octanol–water partition coefficient (Wildman–Crippen LogP) is 2.10. The van der Waals surface area contributed by atoms with Crippen LogP contribution in [0.3, 0.4) is 0 Å². The maximum atomic E-state index is 14.1. The highest BCUT2D eigenvalue weighted by Crippen LogP contribution is 2.22. The lowest BCUT2D eigenvalue weighted by atomic mass is 10.2. The Kier molecular flexibility index (Phi) is 4.12. The highest BCUT2D eigenvalue weighted by molar-refractivity contribution is 7.99. The maximum absolute atomic E-state index is 14.1. The molecule has 3 aromatic rings. The van der Waals surface area contributed by atoms with Crippen LogP contribution >= 0.6 is 11.8 Å². The van der Waals surface area contributed by atoms with Gasteiger partial charge in [0.15, 0.2) is 5.16 Å². The summed E-state index contributed by atoms with van der Waals surface area (Å²) in [6, 6.07) is 12.7. The Balaban J connectivity index is 2.30. The largest absolute Gasteiger partial charge is 0.369 e. The lowest BCUT2D eigenvalue weighted by molar-refractivity contribution is -0.115. The van der Waals surface area contributed by atoms with Gasteiger partial charge in [0, 0.05) is 0 Å². The van der Waals surface area contributed by atoms with Gasteiger partial charge in [-0.3, -0.25) is 14.2 Å². The van der Waals surface area contributed by atoms with Crippen molar-refractivity contribution in [2.24, 2.45) is 5.73 Å². The second-order valence-corrected chi connectivity index (χ2v) is 5.70. The summed E-state index contributed by atoms with van der Waals surface area (Å²) in [6.07, 6.45) is 0. The number of hydrogen-bond donors (Lipinski definition) is 1. The number of carbonyl (C=O) groups is 1. The number of aromatic nitrogens is 2. The minimum absolute atomic E-state index is 0.0563. The smallest absolute Gasteiger partial charge is 0.266 e. The zero-order valence-corrected chi connectivity index (χ0v) is 12.7. The van der Waals surface area contributed by atoms with Crippen molar-refractivity contribution in [1.82, 2.24) is 9.55 Å². The Morgan fingerprint density at radius 3 is 2.61 bits per heavy atom. The van der Waals surface area contributed by atoms with Gasteiger partial charge in [-0.25, -0.2) is 9.37 Å². The van der Waals surface area contributed by atoms with Crippen molar-refractivity contribution in [3.05, 3.63) is 64.7 Å². The number of amides is 1. The third kappa shape index (κ3) is 2.95. The minimum Gasteiger partial charge on any atom is -0.369 e. The minimum atomic E-state index is -0.549. The van der Waals surface area contributed by atoms with E-state index in [1.54, 1.807) is 30.3 Å². The molecule has 0 fully saturated rings. The zero-order chi connectivity index (χ0) is 16.4. The van der Waals surface area contributed by atoms with Crippen molar-refractivity contribution in [1.29, 1.82) is 0 Å². The molecule has 3 rings (SSSR count). The average molecular weight is 329 g/mol. The number of fused-ring (bicyclic) bond motifs is 1. The van der Waals surface area contributed by atoms with Crippen LogP contribution in [0.25, 0.3) is 16.6 Å². The molecule has 5 nitrogen and oxygen atoms in total. The van der Waals surface area contributed by atoms with Crippen LogP contribution in [0.2, 0.25) is 0 Å². The molecule has 0 radical (unpaired) electrons. The lowest BCUT2D eigenvalue weighted by Gasteiger charge is -2.13. The van der Waals surface area contributed by atoms with Gasteiger partial charge < -0.3 is 5.73 Å². The lowest BCUT2D eigenvalue weighted by Crippen LogP contribution is -2.23. The number of nitrogens with zero attached hydrogens (tertiary/aromatic N) is 2. The number of rotatable bonds is 4. The molecule has 2 N–H and O–H groups in total. The van der Waals surface area contributed by atoms with Crippen molar-refractivity contribution < 1.29 is 9.18 Å². The van der Waals surface area contributed by atoms with Crippen LogP contribution in [-0.2, 0) is 4.79 Å². The molecule has 2 aromatic carbocycles. The summed E-state index contributed by atoms with van der Waals surface area (Å²) in [6.45, 7) is 0. The second kappa shape index (κ2) is 6.21. The number of benzene rings is 2. The molecule has 23 heavy (non-hydrogen) atoms. The summed E-state index contributed by atoms with van der Waals surface area (Å²) < 4.78 is 15.3. The molecular weight excluding hydrogens is 317 g/mol. The summed E-state index contributed by atoms with van der Waals surface area (Å²) in [5.41, 5.74) is 5.33. The Hall–Kier alpha value is -2.67. The Morgan fingerprint density at radius 1 is 1.17 bits per heavy atom. The molecule has 0 saturated carbocycles. The van der Waals surface area contributed by atoms with Gasteiger partial charge in [-0.2, -0.15) is 0 Å². The van der Waals surface area contributed by atoms with Gasteiger partial charge in [0.05, 0.1) is 22.3 Å². The molecule has 116 valence electrons. The Labute approximate surface area is 135 Å². The monoisotopic (exact) mass is 329 g/mol. The van der Waals surface area contributed by atoms with Crippen LogP contribution in [0.4, 0.5) is 4.39 Å². The summed E-state index contributed by atoms with van der Waals surface area (Å²) in [5.74, 6) is -1.15. The van der Waals surface area contributed by atoms with Gasteiger partial charge in [-0.05, 0) is 24.3 Å². The summed E-state index contributed by atoms with van der Waals surface area (Å²) in [7, 11) is 0. The first-order valence-corrected chi connectivity index (χ1v) is 7.74. The van der Waals surface area contributed by atoms with Crippen molar-refractivity contribution in [2.75, 3.05) is 5.75 Å². The standard InChI is InChI=1S/C16H12FN3O2S/c17-11-6-2-4-8-13(11)20-15(22)10-5-1-3-7-12(10)19-16(20)23-9-14(18)21/h1-8H,9H2,(H2,18,21). The Bertz CT molecular complexity index is 955. The highest BCUT2D eigenvalue weighted by Gasteiger charge is 2.16. The first kappa shape index (κ1) is 15.2. The number of halogens is 1. The van der Waals surface area contributed by atoms with Gasteiger partial charge in [0.1, 0.15) is 5.82 Å². The van der Waals surface area contributed by atoms with Gasteiger partial charge in [-0.15, -0.1) is 0 Å². The second-order valence-electron chi connectivity index (χ2n) is 4.76. The fourth-order valence-corrected chi connectivity index (χ4v) is 2.93. The Morgan fingerprint density at radius 2 is 1.87 bits per heavy atom. The van der Waals surface area contributed by atoms with Gasteiger partial charge in [0.2, 0.25) is 5.91 Å². The van der Waals surface area contributed by atoms with E-state index in [1.807, 2.05) is 0 Å². The molecule has 0 saturated heterocycles. The van der Waals surface area contributed by atoms with Gasteiger partial charge in [-0.1, -0.05) is 36.0 Å². The first-order chi connectivity index (χ1) is 11.1. The van der Waals surface area contributed by atoms with Crippen molar-refractivity contribution in [2.45, 2.75) is 5.16 Å². The van der Waals surface area contributed by atoms with Crippen LogP contribution < -0.4 is 11.3 Å². The van der Waals surface area contributed by atoms with Gasteiger partial charge >= 0.3 is 0 Å².